The van der Waals surface area contributed by atoms with Crippen molar-refractivity contribution in [3.8, 4) is 0 Å². The average Bonchev–Trinajstić information content (AvgIpc) is 2.79. The minimum Gasteiger partial charge on any atom is -0.395 e. The Kier molecular flexibility index (Phi) is 14.4. The van der Waals surface area contributed by atoms with E-state index in [0.717, 1.165) is 0 Å². The number of rotatable bonds is 16. The van der Waals surface area contributed by atoms with Crippen molar-refractivity contribution in [3.63, 3.8) is 0 Å². The van der Waals surface area contributed by atoms with Gasteiger partial charge >= 0.3 is 15.2 Å². The molecule has 0 aliphatic heterocycles. The number of aliphatic hydroxyl groups excluding tert-OH is 3. The van der Waals surface area contributed by atoms with Gasteiger partial charge in [-0.05, 0) is 18.0 Å². The maximum atomic E-state index is 13.3. The normalized spacial score (nSPS) is 19.3. The summed E-state index contributed by atoms with van der Waals surface area (Å²) in [6.45, 7) is -2.67. The minimum absolute atomic E-state index is 0.00619. The summed E-state index contributed by atoms with van der Waals surface area (Å²) < 4.78 is 41.6. The van der Waals surface area contributed by atoms with E-state index >= 15 is 0 Å². The molecule has 0 spiro atoms. The molecule has 5 unspecified atom stereocenters. The lowest BCUT2D eigenvalue weighted by molar-refractivity contribution is 0.142. The van der Waals surface area contributed by atoms with Crippen molar-refractivity contribution in [1.82, 2.24) is 15.0 Å². The molecule has 4 N–H and O–H groups in total. The highest BCUT2D eigenvalue weighted by Crippen LogP contribution is 2.48. The number of hydrogen-bond acceptors (Lipinski definition) is 11. The molecule has 0 radical (unpaired) electrons. The van der Waals surface area contributed by atoms with Crippen LogP contribution in [-0.2, 0) is 22.7 Å². The summed E-state index contributed by atoms with van der Waals surface area (Å²) in [5.74, 6) is -0.0110. The zero-order chi connectivity index (χ0) is 25.2. The van der Waals surface area contributed by atoms with Crippen molar-refractivity contribution in [2.24, 2.45) is 0 Å². The third-order valence-electron chi connectivity index (χ3n) is 3.58. The number of nitrogens with zero attached hydrogens (tertiary/aromatic N) is 3. The first-order chi connectivity index (χ1) is 15.4. The van der Waals surface area contributed by atoms with Gasteiger partial charge in [0.25, 0.3) is 0 Å². The van der Waals surface area contributed by atoms with Gasteiger partial charge in [0.15, 0.2) is 0 Å². The zero-order valence-electron chi connectivity index (χ0n) is 16.7. The third kappa shape index (κ3) is 10.3. The second kappa shape index (κ2) is 15.0. The fourth-order valence-corrected chi connectivity index (χ4v) is 5.72. The van der Waals surface area contributed by atoms with Gasteiger partial charge in [0, 0.05) is 5.88 Å². The molecule has 0 aromatic carbocycles. The fourth-order valence-electron chi connectivity index (χ4n) is 1.95. The smallest absolute Gasteiger partial charge is 0.395 e. The van der Waals surface area contributed by atoms with Crippen LogP contribution < -0.4 is 11.1 Å². The van der Waals surface area contributed by atoms with Crippen molar-refractivity contribution < 1.29 is 42.9 Å². The van der Waals surface area contributed by atoms with E-state index in [2.05, 4.69) is 15.0 Å². The molecule has 5 atom stereocenters. The molecule has 1 heterocycles. The first-order valence-corrected chi connectivity index (χ1v) is 14.4. The SMILES string of the molecule is O=P(O)(OC(CCCl)C(Cl)CO)c1nc(Cl)nc(P(=O)(OCC(Cl)CO)OCC(Cl)CO)n1. The van der Waals surface area contributed by atoms with E-state index in [1.807, 2.05) is 0 Å². The molecule has 33 heavy (non-hydrogen) atoms. The molecule has 1 aromatic rings. The second-order valence-electron chi connectivity index (χ2n) is 6.19. The molecule has 0 bridgehead atoms. The highest BCUT2D eigenvalue weighted by atomic mass is 35.5. The first-order valence-electron chi connectivity index (χ1n) is 9.06. The molecule has 12 nitrogen and oxygen atoms in total. The molecule has 1 rings (SSSR count). The highest BCUT2D eigenvalue weighted by Gasteiger charge is 2.39. The van der Waals surface area contributed by atoms with Gasteiger partial charge in [-0.15, -0.1) is 46.4 Å². The van der Waals surface area contributed by atoms with Gasteiger partial charge in [-0.1, -0.05) is 0 Å². The van der Waals surface area contributed by atoms with Gasteiger partial charge in [-0.25, -0.2) is 0 Å². The molecule has 0 aliphatic rings. The monoisotopic (exact) mass is 613 g/mol. The van der Waals surface area contributed by atoms with Crippen LogP contribution in [0.2, 0.25) is 5.28 Å². The number of halogens is 5. The number of aromatic nitrogens is 3. The first kappa shape index (κ1) is 31.7. The predicted molar refractivity (Wildman–Crippen MR) is 124 cm³/mol. The fraction of sp³-hybridized carbons (Fsp3) is 0.786. The van der Waals surface area contributed by atoms with Gasteiger partial charge in [0.1, 0.15) is 0 Å². The topological polar surface area (TPSA) is 181 Å². The summed E-state index contributed by atoms with van der Waals surface area (Å²) in [5, 5.41) is 23.6. The molecule has 1 aromatic heterocycles. The van der Waals surface area contributed by atoms with Gasteiger partial charge in [0.2, 0.25) is 16.4 Å². The Labute approximate surface area is 214 Å². The van der Waals surface area contributed by atoms with Crippen LogP contribution in [0.3, 0.4) is 0 Å². The Morgan fingerprint density at radius 2 is 1.39 bits per heavy atom. The second-order valence-corrected chi connectivity index (χ2v) is 12.3. The summed E-state index contributed by atoms with van der Waals surface area (Å²) in [5.41, 5.74) is -1.70. The van der Waals surface area contributed by atoms with E-state index in [-0.39, 0.29) is 12.3 Å². The molecule has 0 amide bonds. The molecule has 19 heteroatoms. The van der Waals surface area contributed by atoms with E-state index in [9.17, 15) is 19.1 Å². The van der Waals surface area contributed by atoms with Crippen LogP contribution in [0.4, 0.5) is 0 Å². The minimum atomic E-state index is -4.87. The number of alkyl halides is 4. The zero-order valence-corrected chi connectivity index (χ0v) is 22.3. The molecular weight excluding hydrogens is 593 g/mol. The van der Waals surface area contributed by atoms with Crippen molar-refractivity contribution >= 4 is 84.3 Å². The van der Waals surface area contributed by atoms with Gasteiger partial charge < -0.3 is 29.3 Å². The Morgan fingerprint density at radius 1 is 0.879 bits per heavy atom. The van der Waals surface area contributed by atoms with E-state index < -0.39 is 86.9 Å². The van der Waals surface area contributed by atoms with E-state index in [1.54, 1.807) is 0 Å². The summed E-state index contributed by atoms with van der Waals surface area (Å²) >= 11 is 28.9. The van der Waals surface area contributed by atoms with Crippen LogP contribution in [0.1, 0.15) is 6.42 Å². The van der Waals surface area contributed by atoms with Crippen LogP contribution in [0, 0.1) is 0 Å². The van der Waals surface area contributed by atoms with Crippen LogP contribution in [0.25, 0.3) is 0 Å². The van der Waals surface area contributed by atoms with E-state index in [0.29, 0.717) is 0 Å². The Bertz CT molecular complexity index is 827. The van der Waals surface area contributed by atoms with E-state index in [1.165, 1.54) is 0 Å². The van der Waals surface area contributed by atoms with Crippen LogP contribution >= 0.6 is 73.2 Å². The molecule has 0 saturated heterocycles. The molecular formula is C14H22Cl5N3O9P2. The lowest BCUT2D eigenvalue weighted by Crippen LogP contribution is -2.33. The summed E-state index contributed by atoms with van der Waals surface area (Å²) in [6.07, 6.45) is -1.18. The Balaban J connectivity index is 3.35. The van der Waals surface area contributed by atoms with Gasteiger partial charge in [-0.2, -0.15) is 15.0 Å². The molecule has 0 saturated carbocycles. The van der Waals surface area contributed by atoms with Crippen LogP contribution in [-0.4, -0.2) is 96.3 Å². The van der Waals surface area contributed by atoms with Crippen LogP contribution in [0.5, 0.6) is 0 Å². The Morgan fingerprint density at radius 3 is 1.85 bits per heavy atom. The van der Waals surface area contributed by atoms with Crippen molar-refractivity contribution in [1.29, 1.82) is 0 Å². The maximum Gasteiger partial charge on any atom is 0.398 e. The number of hydrogen-bond donors (Lipinski definition) is 4. The standard InChI is InChI=1S/C14H22Cl5N3O9P2/c15-2-1-11(10(18)5-25)31-32(26,27)13-20-12(19)21-14(22-13)33(28,29-6-8(16)3-23)30-7-9(17)4-24/h8-11,23-25H,1-7H2,(H,26,27). The van der Waals surface area contributed by atoms with Crippen molar-refractivity contribution in [3.05, 3.63) is 5.28 Å². The maximum absolute atomic E-state index is 13.3. The summed E-state index contributed by atoms with van der Waals surface area (Å²) in [6, 6.07) is 0. The quantitative estimate of drug-likeness (QED) is 0.153. The summed E-state index contributed by atoms with van der Waals surface area (Å²) in [4.78, 5) is 21.3. The lowest BCUT2D eigenvalue weighted by atomic mass is 10.2. The Hall–Kier alpha value is 0.640. The summed E-state index contributed by atoms with van der Waals surface area (Å²) in [7, 11) is -9.39. The lowest BCUT2D eigenvalue weighted by Gasteiger charge is -2.23. The van der Waals surface area contributed by atoms with Crippen LogP contribution in [0.15, 0.2) is 0 Å². The molecule has 0 aliphatic carbocycles. The predicted octanol–water partition coefficient (Wildman–Crippen LogP) is 1.00. The number of aliphatic hydroxyl groups is 3. The van der Waals surface area contributed by atoms with E-state index in [4.69, 9.17) is 81.8 Å². The van der Waals surface area contributed by atoms with Crippen molar-refractivity contribution in [2.45, 2.75) is 28.7 Å². The highest BCUT2D eigenvalue weighted by molar-refractivity contribution is 7.62. The largest absolute Gasteiger partial charge is 0.398 e. The average molecular weight is 616 g/mol. The van der Waals surface area contributed by atoms with Gasteiger partial charge in [0.05, 0.1) is 55.3 Å². The third-order valence-corrected chi connectivity index (χ3v) is 7.84. The molecule has 192 valence electrons. The van der Waals surface area contributed by atoms with Crippen molar-refractivity contribution in [2.75, 3.05) is 38.9 Å². The van der Waals surface area contributed by atoms with Gasteiger partial charge in [-0.3, -0.25) is 13.7 Å². The molecule has 0 fully saturated rings.